The maximum absolute atomic E-state index is 5.52. The number of aryl methyl sites for hydroxylation is 1. The van der Waals surface area contributed by atoms with E-state index in [1.54, 1.807) is 0 Å². The number of rotatable bonds is 5. The van der Waals surface area contributed by atoms with E-state index >= 15 is 0 Å². The Kier molecular flexibility index (Phi) is 4.68. The maximum Gasteiger partial charge on any atom is 0.130 e. The number of aromatic amines is 1. The number of nitrogens with one attached hydrogen (secondary N) is 1. The normalized spacial score (nSPS) is 10.4. The van der Waals surface area contributed by atoms with E-state index in [1.807, 2.05) is 37.3 Å². The third kappa shape index (κ3) is 3.64. The van der Waals surface area contributed by atoms with E-state index in [1.165, 1.54) is 0 Å². The van der Waals surface area contributed by atoms with Crippen molar-refractivity contribution in [3.63, 3.8) is 0 Å². The lowest BCUT2D eigenvalue weighted by atomic mass is 10.1. The molecule has 1 aromatic carbocycles. The second-order valence-corrected chi connectivity index (χ2v) is 4.71. The van der Waals surface area contributed by atoms with E-state index in [4.69, 9.17) is 17.0 Å². The van der Waals surface area contributed by atoms with Crippen molar-refractivity contribution >= 4 is 12.2 Å². The van der Waals surface area contributed by atoms with E-state index < -0.39 is 0 Å². The molecule has 0 atom stereocenters. The molecule has 0 saturated heterocycles. The Hall–Kier alpha value is -1.68. The molecule has 0 saturated carbocycles. The van der Waals surface area contributed by atoms with Gasteiger partial charge in [0, 0.05) is 17.7 Å². The van der Waals surface area contributed by atoms with Crippen LogP contribution in [0.25, 0.3) is 11.3 Å². The highest BCUT2D eigenvalue weighted by Gasteiger charge is 2.03. The van der Waals surface area contributed by atoms with Gasteiger partial charge in [0.2, 0.25) is 0 Å². The fourth-order valence-corrected chi connectivity index (χ4v) is 2.17. The molecule has 0 aliphatic heterocycles. The molecular formula is C15H18N2OS. The summed E-state index contributed by atoms with van der Waals surface area (Å²) in [7, 11) is 0. The van der Waals surface area contributed by atoms with Crippen molar-refractivity contribution < 1.29 is 4.74 Å². The minimum absolute atomic E-state index is 0.624. The first-order valence-electron chi connectivity index (χ1n) is 6.56. The zero-order chi connectivity index (χ0) is 13.7. The molecular weight excluding hydrogens is 256 g/mol. The molecule has 0 fully saturated rings. The van der Waals surface area contributed by atoms with Gasteiger partial charge < -0.3 is 9.72 Å². The summed E-state index contributed by atoms with van der Waals surface area (Å²) in [6.45, 7) is 4.77. The topological polar surface area (TPSA) is 37.9 Å². The summed E-state index contributed by atoms with van der Waals surface area (Å²) in [5.74, 6) is 1.81. The lowest BCUT2D eigenvalue weighted by molar-refractivity contribution is 0.340. The first-order chi connectivity index (χ1) is 9.22. The molecule has 0 bridgehead atoms. The summed E-state index contributed by atoms with van der Waals surface area (Å²) in [5.41, 5.74) is 2.06. The van der Waals surface area contributed by atoms with Crippen LogP contribution in [0.3, 0.4) is 0 Å². The van der Waals surface area contributed by atoms with Crippen LogP contribution in [0.4, 0.5) is 0 Å². The zero-order valence-electron chi connectivity index (χ0n) is 11.3. The third-order valence-electron chi connectivity index (χ3n) is 2.73. The van der Waals surface area contributed by atoms with E-state index in [0.29, 0.717) is 11.2 Å². The SMILES string of the molecule is CCCc1nc(=S)cc(-c2cccc(OCC)c2)[nH]1. The molecule has 3 nitrogen and oxygen atoms in total. The van der Waals surface area contributed by atoms with Gasteiger partial charge in [-0.05, 0) is 31.5 Å². The average molecular weight is 274 g/mol. The smallest absolute Gasteiger partial charge is 0.130 e. The summed E-state index contributed by atoms with van der Waals surface area (Å²) in [5, 5.41) is 0. The Morgan fingerprint density at radius 2 is 2.11 bits per heavy atom. The molecule has 1 aromatic heterocycles. The molecule has 1 heterocycles. The first kappa shape index (κ1) is 13.7. The van der Waals surface area contributed by atoms with Crippen LogP contribution in [-0.2, 0) is 6.42 Å². The summed E-state index contributed by atoms with van der Waals surface area (Å²) in [6.07, 6.45) is 1.95. The molecule has 0 radical (unpaired) electrons. The van der Waals surface area contributed by atoms with Crippen LogP contribution in [-0.4, -0.2) is 16.6 Å². The Morgan fingerprint density at radius 3 is 2.84 bits per heavy atom. The molecule has 100 valence electrons. The molecule has 0 spiro atoms. The van der Waals surface area contributed by atoms with E-state index in [0.717, 1.165) is 35.7 Å². The highest BCUT2D eigenvalue weighted by atomic mass is 32.1. The minimum atomic E-state index is 0.624. The largest absolute Gasteiger partial charge is 0.494 e. The fourth-order valence-electron chi connectivity index (χ4n) is 1.94. The van der Waals surface area contributed by atoms with Gasteiger partial charge >= 0.3 is 0 Å². The van der Waals surface area contributed by atoms with E-state index in [-0.39, 0.29) is 0 Å². The third-order valence-corrected chi connectivity index (χ3v) is 2.94. The van der Waals surface area contributed by atoms with Crippen LogP contribution < -0.4 is 4.74 Å². The lowest BCUT2D eigenvalue weighted by Crippen LogP contribution is -1.97. The monoisotopic (exact) mass is 274 g/mol. The minimum Gasteiger partial charge on any atom is -0.494 e. The Bertz CT molecular complexity index is 607. The predicted octanol–water partition coefficient (Wildman–Crippen LogP) is 4.16. The van der Waals surface area contributed by atoms with Crippen molar-refractivity contribution in [2.24, 2.45) is 0 Å². The van der Waals surface area contributed by atoms with Crippen molar-refractivity contribution in [3.8, 4) is 17.0 Å². The van der Waals surface area contributed by atoms with Crippen LogP contribution in [0, 0.1) is 4.64 Å². The van der Waals surface area contributed by atoms with Crippen LogP contribution in [0.1, 0.15) is 26.1 Å². The molecule has 19 heavy (non-hydrogen) atoms. The Balaban J connectivity index is 2.40. The molecule has 2 rings (SSSR count). The van der Waals surface area contributed by atoms with Gasteiger partial charge in [-0.15, -0.1) is 0 Å². The molecule has 0 aliphatic carbocycles. The van der Waals surface area contributed by atoms with Gasteiger partial charge in [-0.3, -0.25) is 0 Å². The van der Waals surface area contributed by atoms with Crippen LogP contribution >= 0.6 is 12.2 Å². The second-order valence-electron chi connectivity index (χ2n) is 4.29. The highest BCUT2D eigenvalue weighted by Crippen LogP contribution is 2.22. The van der Waals surface area contributed by atoms with Gasteiger partial charge in [0.1, 0.15) is 16.2 Å². The number of H-pyrrole nitrogens is 1. The number of hydrogen-bond donors (Lipinski definition) is 1. The van der Waals surface area contributed by atoms with Crippen molar-refractivity contribution in [2.75, 3.05) is 6.61 Å². The van der Waals surface area contributed by atoms with Gasteiger partial charge in [0.05, 0.1) is 6.61 Å². The van der Waals surface area contributed by atoms with Gasteiger partial charge in [-0.1, -0.05) is 31.3 Å². The molecule has 0 amide bonds. The van der Waals surface area contributed by atoms with E-state index in [9.17, 15) is 0 Å². The van der Waals surface area contributed by atoms with E-state index in [2.05, 4.69) is 16.9 Å². The summed E-state index contributed by atoms with van der Waals surface area (Å²) in [6, 6.07) is 9.88. The van der Waals surface area contributed by atoms with Gasteiger partial charge in [0.25, 0.3) is 0 Å². The van der Waals surface area contributed by atoms with Crippen LogP contribution in [0.2, 0.25) is 0 Å². The van der Waals surface area contributed by atoms with Crippen molar-refractivity contribution in [3.05, 3.63) is 40.8 Å². The predicted molar refractivity (Wildman–Crippen MR) is 80.0 cm³/mol. The first-order valence-corrected chi connectivity index (χ1v) is 6.97. The van der Waals surface area contributed by atoms with Crippen molar-refractivity contribution in [1.29, 1.82) is 0 Å². The van der Waals surface area contributed by atoms with Crippen molar-refractivity contribution in [1.82, 2.24) is 9.97 Å². The molecule has 0 aliphatic rings. The number of benzene rings is 1. The summed E-state index contributed by atoms with van der Waals surface area (Å²) < 4.78 is 6.14. The number of aromatic nitrogens is 2. The van der Waals surface area contributed by atoms with Crippen molar-refractivity contribution in [2.45, 2.75) is 26.7 Å². The maximum atomic E-state index is 5.52. The van der Waals surface area contributed by atoms with Crippen LogP contribution in [0.15, 0.2) is 30.3 Å². The second kappa shape index (κ2) is 6.48. The number of ether oxygens (including phenoxy) is 1. The zero-order valence-corrected chi connectivity index (χ0v) is 12.1. The number of hydrogen-bond acceptors (Lipinski definition) is 3. The van der Waals surface area contributed by atoms with Crippen LogP contribution in [0.5, 0.6) is 5.75 Å². The molecule has 1 N–H and O–H groups in total. The summed E-state index contributed by atoms with van der Waals surface area (Å²) in [4.78, 5) is 7.67. The van der Waals surface area contributed by atoms with Gasteiger partial charge in [-0.25, -0.2) is 4.98 Å². The molecule has 0 unspecified atom stereocenters. The van der Waals surface area contributed by atoms with Gasteiger partial charge in [-0.2, -0.15) is 0 Å². The Morgan fingerprint density at radius 1 is 1.26 bits per heavy atom. The number of nitrogens with zero attached hydrogens (tertiary/aromatic N) is 1. The molecule has 4 heteroatoms. The fraction of sp³-hybridized carbons (Fsp3) is 0.333. The average Bonchev–Trinajstić information content (AvgIpc) is 2.39. The van der Waals surface area contributed by atoms with Gasteiger partial charge in [0.15, 0.2) is 0 Å². The Labute approximate surface area is 118 Å². The standard InChI is InChI=1S/C15H18N2OS/c1-3-6-14-16-13(10-15(19)17-14)11-7-5-8-12(9-11)18-4-2/h5,7-10H,3-4,6H2,1-2H3,(H,16,17,19). The lowest BCUT2D eigenvalue weighted by Gasteiger charge is -2.08. The quantitative estimate of drug-likeness (QED) is 0.832. The summed E-state index contributed by atoms with van der Waals surface area (Å²) >= 11 is 5.22. The highest BCUT2D eigenvalue weighted by molar-refractivity contribution is 7.71. The molecule has 2 aromatic rings.